The van der Waals surface area contributed by atoms with Crippen molar-refractivity contribution in [3.05, 3.63) is 47.0 Å². The number of unbranched alkanes of at least 4 members (excludes halogenated alkanes) is 1. The fourth-order valence-corrected chi connectivity index (χ4v) is 3.87. The maximum atomic E-state index is 12.7. The lowest BCUT2D eigenvalue weighted by molar-refractivity contribution is 0.00881. The van der Waals surface area contributed by atoms with Crippen molar-refractivity contribution < 1.29 is 9.53 Å². The van der Waals surface area contributed by atoms with Gasteiger partial charge < -0.3 is 14.5 Å². The molecule has 0 bridgehead atoms. The summed E-state index contributed by atoms with van der Waals surface area (Å²) in [6.45, 7) is 6.63. The molecule has 1 amide bonds. The maximum Gasteiger partial charge on any atom is 0.253 e. The summed E-state index contributed by atoms with van der Waals surface area (Å²) < 4.78 is 7.06. The maximum absolute atomic E-state index is 12.7. The van der Waals surface area contributed by atoms with Crippen LogP contribution in [0.15, 0.2) is 41.4 Å². The topological polar surface area (TPSA) is 32.8 Å². The first kappa shape index (κ1) is 22.1. The molecule has 0 atom stereocenters. The lowest BCUT2D eigenvalue weighted by Crippen LogP contribution is -2.40. The quantitative estimate of drug-likeness (QED) is 0.391. The first-order valence-electron chi connectivity index (χ1n) is 9.95. The molecule has 0 spiro atoms. The molecule has 150 valence electrons. The van der Waals surface area contributed by atoms with Crippen molar-refractivity contribution in [2.45, 2.75) is 50.7 Å². The zero-order valence-electron chi connectivity index (χ0n) is 16.7. The van der Waals surface area contributed by atoms with E-state index >= 15 is 0 Å². The van der Waals surface area contributed by atoms with E-state index in [0.29, 0.717) is 12.1 Å². The standard InChI is InChI=1S/C22H33BrN2O2/c1-4-15-24(2)16-5-6-17-27-21-13-11-20(12-14-21)25(3)22(26)18-7-9-19(23)10-8-18/h4,7-10,20-21H,1,5-6,11-17H2,2-3H3. The fourth-order valence-electron chi connectivity index (χ4n) is 3.61. The molecule has 0 radical (unpaired) electrons. The second-order valence-corrected chi connectivity index (χ2v) is 8.40. The summed E-state index contributed by atoms with van der Waals surface area (Å²) >= 11 is 3.41. The minimum Gasteiger partial charge on any atom is -0.378 e. The number of rotatable bonds is 10. The molecule has 1 aliphatic carbocycles. The molecule has 2 rings (SSSR count). The van der Waals surface area contributed by atoms with Crippen LogP contribution in [0, 0.1) is 0 Å². The molecule has 0 saturated heterocycles. The zero-order chi connectivity index (χ0) is 19.6. The number of amides is 1. The van der Waals surface area contributed by atoms with Gasteiger partial charge in [0.1, 0.15) is 0 Å². The largest absolute Gasteiger partial charge is 0.378 e. The predicted molar refractivity (Wildman–Crippen MR) is 115 cm³/mol. The summed E-state index contributed by atoms with van der Waals surface area (Å²) in [5.41, 5.74) is 0.750. The van der Waals surface area contributed by atoms with Crippen molar-refractivity contribution in [3.8, 4) is 0 Å². The molecule has 27 heavy (non-hydrogen) atoms. The fraction of sp³-hybridized carbons (Fsp3) is 0.591. The van der Waals surface area contributed by atoms with Gasteiger partial charge in [-0.15, -0.1) is 6.58 Å². The Kier molecular flexibility index (Phi) is 9.52. The van der Waals surface area contributed by atoms with Crippen molar-refractivity contribution in [3.63, 3.8) is 0 Å². The highest BCUT2D eigenvalue weighted by Gasteiger charge is 2.27. The third-order valence-corrected chi connectivity index (χ3v) is 5.86. The highest BCUT2D eigenvalue weighted by Crippen LogP contribution is 2.26. The average molecular weight is 437 g/mol. The van der Waals surface area contributed by atoms with Gasteiger partial charge in [-0.3, -0.25) is 4.79 Å². The first-order valence-corrected chi connectivity index (χ1v) is 10.7. The van der Waals surface area contributed by atoms with Gasteiger partial charge in [0.05, 0.1) is 6.10 Å². The molecule has 0 aromatic heterocycles. The number of carbonyl (C=O) groups excluding carboxylic acids is 1. The number of likely N-dealkylation sites (N-methyl/N-ethyl adjacent to an activating group) is 1. The van der Waals surface area contributed by atoms with Gasteiger partial charge in [-0.1, -0.05) is 22.0 Å². The van der Waals surface area contributed by atoms with Crippen LogP contribution in [0.4, 0.5) is 0 Å². The SMILES string of the molecule is C=CCN(C)CCCCOC1CCC(N(C)C(=O)c2ccc(Br)cc2)CC1. The normalized spacial score (nSPS) is 19.9. The summed E-state index contributed by atoms with van der Waals surface area (Å²) in [6.07, 6.45) is 8.67. The van der Waals surface area contributed by atoms with Gasteiger partial charge in [0.25, 0.3) is 5.91 Å². The molecular weight excluding hydrogens is 404 g/mol. The molecule has 1 saturated carbocycles. The van der Waals surface area contributed by atoms with Crippen molar-refractivity contribution >= 4 is 21.8 Å². The van der Waals surface area contributed by atoms with Crippen LogP contribution >= 0.6 is 15.9 Å². The number of carbonyl (C=O) groups is 1. The molecule has 1 aliphatic rings. The Balaban J connectivity index is 1.65. The Labute approximate surface area is 172 Å². The Morgan fingerprint density at radius 3 is 2.48 bits per heavy atom. The highest BCUT2D eigenvalue weighted by atomic mass is 79.9. The number of hydrogen-bond acceptors (Lipinski definition) is 3. The summed E-state index contributed by atoms with van der Waals surface area (Å²) in [7, 11) is 4.05. The number of ether oxygens (including phenoxy) is 1. The Morgan fingerprint density at radius 1 is 1.19 bits per heavy atom. The molecule has 4 nitrogen and oxygen atoms in total. The van der Waals surface area contributed by atoms with E-state index in [1.165, 1.54) is 0 Å². The summed E-state index contributed by atoms with van der Waals surface area (Å²) in [5, 5.41) is 0. The highest BCUT2D eigenvalue weighted by molar-refractivity contribution is 9.10. The van der Waals surface area contributed by atoms with E-state index in [-0.39, 0.29) is 5.91 Å². The van der Waals surface area contributed by atoms with Crippen LogP contribution < -0.4 is 0 Å². The van der Waals surface area contributed by atoms with Crippen molar-refractivity contribution in [1.82, 2.24) is 9.80 Å². The number of halogens is 1. The molecule has 1 fully saturated rings. The van der Waals surface area contributed by atoms with Crippen LogP contribution in [0.2, 0.25) is 0 Å². The van der Waals surface area contributed by atoms with E-state index in [1.54, 1.807) is 0 Å². The van der Waals surface area contributed by atoms with Gasteiger partial charge in [-0.2, -0.15) is 0 Å². The van der Waals surface area contributed by atoms with Crippen LogP contribution in [0.1, 0.15) is 48.9 Å². The third-order valence-electron chi connectivity index (χ3n) is 5.33. The van der Waals surface area contributed by atoms with Crippen molar-refractivity contribution in [1.29, 1.82) is 0 Å². The second-order valence-electron chi connectivity index (χ2n) is 7.48. The van der Waals surface area contributed by atoms with E-state index in [2.05, 4.69) is 34.5 Å². The molecule has 0 aliphatic heterocycles. The first-order chi connectivity index (χ1) is 13.0. The van der Waals surface area contributed by atoms with Crippen molar-refractivity contribution in [2.75, 3.05) is 33.8 Å². The second kappa shape index (κ2) is 11.6. The molecule has 1 aromatic rings. The number of nitrogens with zero attached hydrogens (tertiary/aromatic N) is 2. The summed E-state index contributed by atoms with van der Waals surface area (Å²) in [4.78, 5) is 16.8. The molecule has 1 aromatic carbocycles. The molecule has 0 N–H and O–H groups in total. The molecule has 0 heterocycles. The Morgan fingerprint density at radius 2 is 1.85 bits per heavy atom. The van der Waals surface area contributed by atoms with Gasteiger partial charge in [0.2, 0.25) is 0 Å². The van der Waals surface area contributed by atoms with E-state index in [1.807, 2.05) is 42.3 Å². The van der Waals surface area contributed by atoms with Crippen LogP contribution in [-0.2, 0) is 4.74 Å². The molecule has 0 unspecified atom stereocenters. The minimum absolute atomic E-state index is 0.107. The van der Waals surface area contributed by atoms with Gasteiger partial charge in [-0.25, -0.2) is 0 Å². The number of benzene rings is 1. The van der Waals surface area contributed by atoms with Crippen LogP contribution in [0.3, 0.4) is 0 Å². The van der Waals surface area contributed by atoms with Gasteiger partial charge in [0.15, 0.2) is 0 Å². The van der Waals surface area contributed by atoms with E-state index in [4.69, 9.17) is 4.74 Å². The van der Waals surface area contributed by atoms with E-state index < -0.39 is 0 Å². The molecular formula is C22H33BrN2O2. The van der Waals surface area contributed by atoms with Gasteiger partial charge >= 0.3 is 0 Å². The Bertz CT molecular complexity index is 582. The zero-order valence-corrected chi connectivity index (χ0v) is 18.3. The number of hydrogen-bond donors (Lipinski definition) is 0. The average Bonchev–Trinajstić information content (AvgIpc) is 2.68. The van der Waals surface area contributed by atoms with E-state index in [9.17, 15) is 4.79 Å². The third kappa shape index (κ3) is 7.40. The van der Waals surface area contributed by atoms with Crippen LogP contribution in [0.5, 0.6) is 0 Å². The lowest BCUT2D eigenvalue weighted by Gasteiger charge is -2.34. The summed E-state index contributed by atoms with van der Waals surface area (Å²) in [5.74, 6) is 0.107. The minimum atomic E-state index is 0.107. The van der Waals surface area contributed by atoms with Gasteiger partial charge in [0, 0.05) is 36.3 Å². The van der Waals surface area contributed by atoms with E-state index in [0.717, 1.165) is 68.3 Å². The monoisotopic (exact) mass is 436 g/mol. The smallest absolute Gasteiger partial charge is 0.253 e. The lowest BCUT2D eigenvalue weighted by atomic mass is 9.91. The van der Waals surface area contributed by atoms with Crippen molar-refractivity contribution in [2.24, 2.45) is 0 Å². The predicted octanol–water partition coefficient (Wildman–Crippen LogP) is 4.75. The van der Waals surface area contributed by atoms with Gasteiger partial charge in [-0.05, 0) is 76.4 Å². The molecule has 5 heteroatoms. The Hall–Kier alpha value is -1.17. The summed E-state index contributed by atoms with van der Waals surface area (Å²) in [6, 6.07) is 7.91. The van der Waals surface area contributed by atoms with Crippen LogP contribution in [0.25, 0.3) is 0 Å². The van der Waals surface area contributed by atoms with Crippen LogP contribution in [-0.4, -0.2) is 61.6 Å².